The summed E-state index contributed by atoms with van der Waals surface area (Å²) >= 11 is 0. The monoisotopic (exact) mass is 369 g/mol. The standard InChI is InChI=1S/C16H23N3O5S/c20-12-13-4-3-7-17(11-13)15-6-5-14(19(21)22)10-16(15)25(23,24)18-8-1-2-9-18/h5-6,10,13,20H,1-4,7-9,11-12H2. The molecule has 2 aliphatic heterocycles. The summed E-state index contributed by atoms with van der Waals surface area (Å²) in [4.78, 5) is 12.5. The first kappa shape index (κ1) is 18.1. The first-order chi connectivity index (χ1) is 11.9. The number of anilines is 1. The summed E-state index contributed by atoms with van der Waals surface area (Å²) in [5, 5.41) is 20.6. The third-order valence-electron chi connectivity index (χ3n) is 4.95. The van der Waals surface area contributed by atoms with Crippen LogP contribution in [0.25, 0.3) is 0 Å². The predicted molar refractivity (Wildman–Crippen MR) is 93.1 cm³/mol. The molecule has 1 aromatic carbocycles. The van der Waals surface area contributed by atoms with Crippen molar-refractivity contribution in [3.63, 3.8) is 0 Å². The highest BCUT2D eigenvalue weighted by Crippen LogP contribution is 2.35. The summed E-state index contributed by atoms with van der Waals surface area (Å²) in [5.41, 5.74) is 0.271. The number of piperidine rings is 1. The number of hydrogen-bond donors (Lipinski definition) is 1. The van der Waals surface area contributed by atoms with Gasteiger partial charge in [0.1, 0.15) is 4.90 Å². The van der Waals surface area contributed by atoms with Crippen LogP contribution in [0, 0.1) is 16.0 Å². The first-order valence-corrected chi connectivity index (χ1v) is 10.0. The van der Waals surface area contributed by atoms with Gasteiger partial charge in [0.2, 0.25) is 10.0 Å². The van der Waals surface area contributed by atoms with Crippen LogP contribution in [0.3, 0.4) is 0 Å². The molecule has 25 heavy (non-hydrogen) atoms. The number of benzene rings is 1. The molecule has 0 amide bonds. The Morgan fingerprint density at radius 1 is 1.20 bits per heavy atom. The van der Waals surface area contributed by atoms with Gasteiger partial charge < -0.3 is 10.0 Å². The molecule has 1 N–H and O–H groups in total. The number of rotatable bonds is 5. The van der Waals surface area contributed by atoms with Crippen LogP contribution >= 0.6 is 0 Å². The lowest BCUT2D eigenvalue weighted by molar-refractivity contribution is -0.385. The van der Waals surface area contributed by atoms with E-state index in [1.807, 2.05) is 4.90 Å². The van der Waals surface area contributed by atoms with Gasteiger partial charge in [-0.25, -0.2) is 8.42 Å². The van der Waals surface area contributed by atoms with Gasteiger partial charge in [-0.15, -0.1) is 0 Å². The number of nitrogens with zero attached hydrogens (tertiary/aromatic N) is 3. The van der Waals surface area contributed by atoms with Crippen molar-refractivity contribution in [2.24, 2.45) is 5.92 Å². The largest absolute Gasteiger partial charge is 0.396 e. The van der Waals surface area contributed by atoms with Crippen LogP contribution in [0.5, 0.6) is 0 Å². The first-order valence-electron chi connectivity index (χ1n) is 8.58. The Bertz CT molecular complexity index is 746. The van der Waals surface area contributed by atoms with Gasteiger partial charge in [0, 0.05) is 44.9 Å². The van der Waals surface area contributed by atoms with Gasteiger partial charge in [-0.3, -0.25) is 10.1 Å². The van der Waals surface area contributed by atoms with Crippen LogP contribution < -0.4 is 4.90 Å². The van der Waals surface area contributed by atoms with E-state index in [1.165, 1.54) is 22.5 Å². The molecule has 0 aromatic heterocycles. The minimum atomic E-state index is -3.77. The number of hydrogen-bond acceptors (Lipinski definition) is 6. The Labute approximate surface area is 147 Å². The molecule has 2 heterocycles. The molecule has 0 spiro atoms. The molecule has 2 fully saturated rings. The van der Waals surface area contributed by atoms with Crippen molar-refractivity contribution in [2.75, 3.05) is 37.7 Å². The zero-order valence-corrected chi connectivity index (χ0v) is 14.8. The number of aliphatic hydroxyl groups is 1. The van der Waals surface area contributed by atoms with Crippen molar-refractivity contribution in [1.29, 1.82) is 0 Å². The molecular weight excluding hydrogens is 346 g/mol. The zero-order chi connectivity index (χ0) is 18.0. The van der Waals surface area contributed by atoms with Crippen LogP contribution in [-0.4, -0.2) is 55.5 Å². The normalized spacial score (nSPS) is 22.3. The molecular formula is C16H23N3O5S. The van der Waals surface area contributed by atoms with Crippen LogP contribution in [0.2, 0.25) is 0 Å². The smallest absolute Gasteiger partial charge is 0.270 e. The average Bonchev–Trinajstić information content (AvgIpc) is 3.16. The van der Waals surface area contributed by atoms with E-state index in [0.717, 1.165) is 25.7 Å². The predicted octanol–water partition coefficient (Wildman–Crippen LogP) is 1.59. The van der Waals surface area contributed by atoms with Crippen molar-refractivity contribution in [3.8, 4) is 0 Å². The molecule has 0 bridgehead atoms. The summed E-state index contributed by atoms with van der Waals surface area (Å²) in [6.07, 6.45) is 3.36. The van der Waals surface area contributed by atoms with Gasteiger partial charge in [0.05, 0.1) is 10.6 Å². The number of non-ortho nitro benzene ring substituents is 1. The third kappa shape index (κ3) is 3.63. The second kappa shape index (κ2) is 7.27. The molecule has 138 valence electrons. The fourth-order valence-electron chi connectivity index (χ4n) is 3.58. The number of sulfonamides is 1. The number of aliphatic hydroxyl groups excluding tert-OH is 1. The maximum atomic E-state index is 13.1. The summed E-state index contributed by atoms with van der Waals surface area (Å²) in [6, 6.07) is 4.05. The molecule has 0 radical (unpaired) electrons. The van der Waals surface area contributed by atoms with Gasteiger partial charge in [0.25, 0.3) is 5.69 Å². The average molecular weight is 369 g/mol. The highest BCUT2D eigenvalue weighted by Gasteiger charge is 2.33. The second-order valence-electron chi connectivity index (χ2n) is 6.66. The molecule has 9 heteroatoms. The highest BCUT2D eigenvalue weighted by atomic mass is 32.2. The fraction of sp³-hybridized carbons (Fsp3) is 0.625. The third-order valence-corrected chi connectivity index (χ3v) is 6.88. The Morgan fingerprint density at radius 2 is 1.92 bits per heavy atom. The van der Waals surface area contributed by atoms with Gasteiger partial charge >= 0.3 is 0 Å². The van der Waals surface area contributed by atoms with Crippen LogP contribution in [0.15, 0.2) is 23.1 Å². The van der Waals surface area contributed by atoms with Gasteiger partial charge in [-0.1, -0.05) is 0 Å². The van der Waals surface area contributed by atoms with E-state index in [1.54, 1.807) is 0 Å². The van der Waals surface area contributed by atoms with E-state index in [0.29, 0.717) is 31.9 Å². The minimum absolute atomic E-state index is 0.00203. The van der Waals surface area contributed by atoms with Gasteiger partial charge in [-0.2, -0.15) is 4.31 Å². The van der Waals surface area contributed by atoms with Crippen molar-refractivity contribution in [1.82, 2.24) is 4.31 Å². The Kier molecular flexibility index (Phi) is 5.26. The van der Waals surface area contributed by atoms with E-state index < -0.39 is 14.9 Å². The summed E-state index contributed by atoms with van der Waals surface area (Å²) in [6.45, 7) is 2.18. The topological polar surface area (TPSA) is 104 Å². The SMILES string of the molecule is O=[N+]([O-])c1ccc(N2CCCC(CO)C2)c(S(=O)(=O)N2CCCC2)c1. The molecule has 0 aliphatic carbocycles. The summed E-state index contributed by atoms with van der Waals surface area (Å²) in [5.74, 6) is 0.0892. The summed E-state index contributed by atoms with van der Waals surface area (Å²) < 4.78 is 27.5. The number of nitro groups is 1. The molecule has 1 aromatic rings. The lowest BCUT2D eigenvalue weighted by atomic mass is 9.98. The van der Waals surface area contributed by atoms with Crippen molar-refractivity contribution >= 4 is 21.4 Å². The molecule has 1 atom stereocenters. The Hall–Kier alpha value is -1.71. The van der Waals surface area contributed by atoms with Crippen molar-refractivity contribution in [3.05, 3.63) is 28.3 Å². The van der Waals surface area contributed by atoms with E-state index in [-0.39, 0.29) is 23.1 Å². The molecule has 1 unspecified atom stereocenters. The van der Waals surface area contributed by atoms with E-state index in [4.69, 9.17) is 0 Å². The minimum Gasteiger partial charge on any atom is -0.396 e. The molecule has 3 rings (SSSR count). The van der Waals surface area contributed by atoms with E-state index in [9.17, 15) is 23.6 Å². The molecule has 0 saturated carbocycles. The Morgan fingerprint density at radius 3 is 2.56 bits per heavy atom. The Balaban J connectivity index is 2.04. The van der Waals surface area contributed by atoms with Crippen molar-refractivity contribution in [2.45, 2.75) is 30.6 Å². The lowest BCUT2D eigenvalue weighted by Gasteiger charge is -2.35. The molecule has 8 nitrogen and oxygen atoms in total. The maximum Gasteiger partial charge on any atom is 0.270 e. The van der Waals surface area contributed by atoms with E-state index in [2.05, 4.69) is 0 Å². The number of nitro benzene ring substituents is 1. The molecule has 2 saturated heterocycles. The lowest BCUT2D eigenvalue weighted by Crippen LogP contribution is -2.38. The van der Waals surface area contributed by atoms with Crippen LogP contribution in [-0.2, 0) is 10.0 Å². The van der Waals surface area contributed by atoms with Crippen molar-refractivity contribution < 1.29 is 18.4 Å². The van der Waals surface area contributed by atoms with E-state index >= 15 is 0 Å². The van der Waals surface area contributed by atoms with Gasteiger partial charge in [0.15, 0.2) is 0 Å². The zero-order valence-electron chi connectivity index (χ0n) is 14.0. The van der Waals surface area contributed by atoms with Crippen LogP contribution in [0.1, 0.15) is 25.7 Å². The summed E-state index contributed by atoms with van der Waals surface area (Å²) in [7, 11) is -3.77. The van der Waals surface area contributed by atoms with Gasteiger partial charge in [-0.05, 0) is 37.7 Å². The highest BCUT2D eigenvalue weighted by molar-refractivity contribution is 7.89. The maximum absolute atomic E-state index is 13.1. The fourth-order valence-corrected chi connectivity index (χ4v) is 5.33. The van der Waals surface area contributed by atoms with Crippen LogP contribution in [0.4, 0.5) is 11.4 Å². The quantitative estimate of drug-likeness (QED) is 0.624. The molecule has 2 aliphatic rings. The second-order valence-corrected chi connectivity index (χ2v) is 8.56.